The van der Waals surface area contributed by atoms with Crippen molar-refractivity contribution in [3.8, 4) is 0 Å². The molecule has 0 aromatic rings. The molecule has 0 radical (unpaired) electrons. The number of carbonyl (C=O) groups excluding carboxylic acids is 1. The largest absolute Gasteiger partial charge is 0.469 e. The van der Waals surface area contributed by atoms with Gasteiger partial charge >= 0.3 is 5.97 Å². The molecule has 78 valence electrons. The molecule has 3 heteroatoms. The van der Waals surface area contributed by atoms with E-state index in [-0.39, 0.29) is 17.5 Å². The summed E-state index contributed by atoms with van der Waals surface area (Å²) in [5.41, 5.74) is -0.387. The Labute approximate surface area is 84.1 Å². The van der Waals surface area contributed by atoms with Crippen molar-refractivity contribution in [1.29, 1.82) is 0 Å². The van der Waals surface area contributed by atoms with Gasteiger partial charge in [0.15, 0.2) is 0 Å². The van der Waals surface area contributed by atoms with E-state index in [1.165, 1.54) is 7.11 Å². The van der Waals surface area contributed by atoms with Gasteiger partial charge in [-0.05, 0) is 25.2 Å². The highest BCUT2D eigenvalue weighted by molar-refractivity contribution is 5.75. The second kappa shape index (κ2) is 3.39. The first-order chi connectivity index (χ1) is 6.72. The molecular weight excluding hydrogens is 180 g/mol. The molecule has 0 aromatic carbocycles. The third-order valence-corrected chi connectivity index (χ3v) is 3.55. The van der Waals surface area contributed by atoms with Crippen molar-refractivity contribution in [2.45, 2.75) is 24.9 Å². The molecule has 3 rings (SSSR count). The van der Waals surface area contributed by atoms with E-state index in [9.17, 15) is 4.79 Å². The van der Waals surface area contributed by atoms with Crippen LogP contribution in [0.15, 0.2) is 12.2 Å². The quantitative estimate of drug-likeness (QED) is 0.496. The van der Waals surface area contributed by atoms with Crippen LogP contribution in [0.3, 0.4) is 0 Å². The van der Waals surface area contributed by atoms with Gasteiger partial charge in [0, 0.05) is 7.11 Å². The van der Waals surface area contributed by atoms with Crippen LogP contribution in [0.25, 0.3) is 0 Å². The zero-order valence-corrected chi connectivity index (χ0v) is 8.66. The summed E-state index contributed by atoms with van der Waals surface area (Å²) in [5.74, 6) is 0.290. The van der Waals surface area contributed by atoms with Crippen molar-refractivity contribution < 1.29 is 14.3 Å². The number of hydrogen-bond donors (Lipinski definition) is 0. The van der Waals surface area contributed by atoms with E-state index in [1.54, 1.807) is 7.11 Å². The van der Waals surface area contributed by atoms with Gasteiger partial charge in [0.25, 0.3) is 0 Å². The Morgan fingerprint density at radius 1 is 1.50 bits per heavy atom. The summed E-state index contributed by atoms with van der Waals surface area (Å²) in [6, 6.07) is 0. The van der Waals surface area contributed by atoms with Gasteiger partial charge in [-0.3, -0.25) is 4.79 Å². The fourth-order valence-corrected chi connectivity index (χ4v) is 2.63. The number of rotatable bonds is 2. The molecule has 0 aliphatic heterocycles. The van der Waals surface area contributed by atoms with E-state index in [4.69, 9.17) is 9.47 Å². The number of carbonyl (C=O) groups is 1. The van der Waals surface area contributed by atoms with Crippen molar-refractivity contribution in [2.75, 3.05) is 14.2 Å². The highest BCUT2D eigenvalue weighted by Gasteiger charge is 2.49. The van der Waals surface area contributed by atoms with Gasteiger partial charge in [0.05, 0.1) is 18.6 Å². The van der Waals surface area contributed by atoms with Crippen LogP contribution in [-0.2, 0) is 14.3 Å². The van der Waals surface area contributed by atoms with Crippen LogP contribution >= 0.6 is 0 Å². The van der Waals surface area contributed by atoms with Gasteiger partial charge in [-0.15, -0.1) is 0 Å². The van der Waals surface area contributed by atoms with Crippen LogP contribution in [0, 0.1) is 11.8 Å². The zero-order chi connectivity index (χ0) is 10.2. The number of methoxy groups -OCH3 is 2. The lowest BCUT2D eigenvalue weighted by Gasteiger charge is -2.45. The molecule has 0 saturated heterocycles. The smallest absolute Gasteiger partial charge is 0.311 e. The molecule has 3 atom stereocenters. The Morgan fingerprint density at radius 2 is 2.29 bits per heavy atom. The molecule has 2 bridgehead atoms. The Balaban J connectivity index is 2.27. The lowest BCUT2D eigenvalue weighted by molar-refractivity contribution is -0.160. The molecule has 3 nitrogen and oxygen atoms in total. The lowest BCUT2D eigenvalue weighted by atomic mass is 9.66. The number of allylic oxidation sites excluding steroid dienone is 1. The van der Waals surface area contributed by atoms with Crippen LogP contribution in [0.2, 0.25) is 0 Å². The monoisotopic (exact) mass is 196 g/mol. The summed E-state index contributed by atoms with van der Waals surface area (Å²) in [6.45, 7) is 0. The topological polar surface area (TPSA) is 35.5 Å². The minimum absolute atomic E-state index is 0.110. The van der Waals surface area contributed by atoms with Crippen molar-refractivity contribution in [2.24, 2.45) is 11.8 Å². The zero-order valence-electron chi connectivity index (χ0n) is 8.66. The molecule has 14 heavy (non-hydrogen) atoms. The second-order valence-corrected chi connectivity index (χ2v) is 4.13. The molecule has 1 saturated carbocycles. The maximum absolute atomic E-state index is 11.6. The summed E-state index contributed by atoms with van der Waals surface area (Å²) in [5, 5.41) is 0. The Morgan fingerprint density at radius 3 is 2.79 bits per heavy atom. The summed E-state index contributed by atoms with van der Waals surface area (Å²) in [6.07, 6.45) is 7.15. The first-order valence-electron chi connectivity index (χ1n) is 5.04. The fourth-order valence-electron chi connectivity index (χ4n) is 2.63. The number of ether oxygens (including phenoxy) is 2. The van der Waals surface area contributed by atoms with Gasteiger partial charge in [-0.25, -0.2) is 0 Å². The van der Waals surface area contributed by atoms with Gasteiger partial charge in [0.1, 0.15) is 0 Å². The maximum atomic E-state index is 11.6. The summed E-state index contributed by atoms with van der Waals surface area (Å²) in [7, 11) is 3.11. The van der Waals surface area contributed by atoms with Crippen molar-refractivity contribution in [3.05, 3.63) is 12.2 Å². The first kappa shape index (κ1) is 9.71. The fraction of sp³-hybridized carbons (Fsp3) is 0.727. The molecule has 0 unspecified atom stereocenters. The molecule has 0 N–H and O–H groups in total. The molecule has 0 aromatic heterocycles. The highest BCUT2D eigenvalue weighted by atomic mass is 16.5. The van der Waals surface area contributed by atoms with Crippen molar-refractivity contribution in [1.82, 2.24) is 0 Å². The third-order valence-electron chi connectivity index (χ3n) is 3.55. The predicted molar refractivity (Wildman–Crippen MR) is 51.7 cm³/mol. The average Bonchev–Trinajstić information content (AvgIpc) is 2.29. The second-order valence-electron chi connectivity index (χ2n) is 4.13. The number of esters is 1. The first-order valence-corrected chi connectivity index (χ1v) is 5.04. The van der Waals surface area contributed by atoms with Crippen LogP contribution < -0.4 is 0 Å². The summed E-state index contributed by atoms with van der Waals surface area (Å²) in [4.78, 5) is 11.6. The summed E-state index contributed by atoms with van der Waals surface area (Å²) >= 11 is 0. The Bertz CT molecular complexity index is 272. The predicted octanol–water partition coefficient (Wildman–Crippen LogP) is 1.53. The minimum Gasteiger partial charge on any atom is -0.469 e. The molecule has 0 spiro atoms. The van der Waals surface area contributed by atoms with Crippen LogP contribution in [0.1, 0.15) is 19.3 Å². The van der Waals surface area contributed by atoms with Gasteiger partial charge in [0.2, 0.25) is 0 Å². The van der Waals surface area contributed by atoms with Gasteiger partial charge in [-0.2, -0.15) is 0 Å². The minimum atomic E-state index is -0.387. The standard InChI is InChI=1S/C11H16O3/c1-13-10(12)9-7-8-3-5-11(9,14-2)6-4-8/h3,5,8-9H,4,6-7H2,1-2H3/t8-,9-,11+/m0/s1. The molecule has 3 aliphatic carbocycles. The van der Waals surface area contributed by atoms with Crippen LogP contribution in [0.4, 0.5) is 0 Å². The molecule has 0 heterocycles. The van der Waals surface area contributed by atoms with Crippen LogP contribution in [0.5, 0.6) is 0 Å². The van der Waals surface area contributed by atoms with Gasteiger partial charge in [-0.1, -0.05) is 12.2 Å². The van der Waals surface area contributed by atoms with E-state index in [1.807, 2.05) is 6.08 Å². The van der Waals surface area contributed by atoms with Crippen molar-refractivity contribution >= 4 is 5.97 Å². The number of hydrogen-bond acceptors (Lipinski definition) is 3. The molecule has 0 amide bonds. The average molecular weight is 196 g/mol. The lowest BCUT2D eigenvalue weighted by Crippen LogP contribution is -2.49. The van der Waals surface area contributed by atoms with Gasteiger partial charge < -0.3 is 9.47 Å². The highest BCUT2D eigenvalue weighted by Crippen LogP contribution is 2.45. The van der Waals surface area contributed by atoms with E-state index in [0.29, 0.717) is 5.92 Å². The van der Waals surface area contributed by atoms with E-state index in [0.717, 1.165) is 19.3 Å². The Kier molecular flexibility index (Phi) is 2.35. The number of fused-ring (bicyclic) bond motifs is 2. The third kappa shape index (κ3) is 1.27. The summed E-state index contributed by atoms with van der Waals surface area (Å²) < 4.78 is 10.3. The molecular formula is C11H16O3. The van der Waals surface area contributed by atoms with E-state index in [2.05, 4.69) is 6.08 Å². The Hall–Kier alpha value is -0.830. The maximum Gasteiger partial charge on any atom is 0.311 e. The van der Waals surface area contributed by atoms with E-state index >= 15 is 0 Å². The van der Waals surface area contributed by atoms with E-state index < -0.39 is 0 Å². The molecule has 3 aliphatic rings. The normalized spacial score (nSPS) is 39.9. The SMILES string of the molecule is COC(=O)[C@@H]1C[C@H]2C=C[C@@]1(OC)CC2. The van der Waals surface area contributed by atoms with Crippen LogP contribution in [-0.4, -0.2) is 25.8 Å². The molecule has 1 fully saturated rings. The van der Waals surface area contributed by atoms with Crippen molar-refractivity contribution in [3.63, 3.8) is 0 Å².